The number of ether oxygens (including phenoxy) is 1. The zero-order valence-corrected chi connectivity index (χ0v) is 10.1. The molecule has 2 fully saturated rings. The molecule has 0 radical (unpaired) electrons. The fourth-order valence-electron chi connectivity index (χ4n) is 2.49. The van der Waals surface area contributed by atoms with Crippen molar-refractivity contribution in [3.8, 4) is 0 Å². The number of rotatable bonds is 4. The molecule has 0 unspecified atom stereocenters. The molecule has 1 amide bonds. The molecule has 1 saturated carbocycles. The third kappa shape index (κ3) is 2.60. The Morgan fingerprint density at radius 2 is 2.18 bits per heavy atom. The molecular formula is C12H19NO4. The summed E-state index contributed by atoms with van der Waals surface area (Å²) in [6.07, 6.45) is 3.13. The number of piperidine rings is 1. The van der Waals surface area contributed by atoms with E-state index in [9.17, 15) is 9.59 Å². The van der Waals surface area contributed by atoms with Crippen LogP contribution in [0.3, 0.4) is 0 Å². The Morgan fingerprint density at radius 3 is 2.82 bits per heavy atom. The molecule has 0 aromatic heterocycles. The van der Waals surface area contributed by atoms with Gasteiger partial charge in [-0.25, -0.2) is 4.79 Å². The minimum absolute atomic E-state index is 0.0175. The monoisotopic (exact) mass is 241 g/mol. The number of amides is 1. The van der Waals surface area contributed by atoms with Crippen LogP contribution in [0.1, 0.15) is 32.6 Å². The van der Waals surface area contributed by atoms with Gasteiger partial charge in [-0.05, 0) is 32.6 Å². The third-order valence-corrected chi connectivity index (χ3v) is 3.50. The molecule has 1 saturated heterocycles. The summed E-state index contributed by atoms with van der Waals surface area (Å²) in [6, 6.07) is -0.626. The Kier molecular flexibility index (Phi) is 3.66. The van der Waals surface area contributed by atoms with E-state index in [0.717, 1.165) is 19.3 Å². The Morgan fingerprint density at radius 1 is 1.41 bits per heavy atom. The maximum Gasteiger partial charge on any atom is 0.326 e. The van der Waals surface area contributed by atoms with Gasteiger partial charge in [-0.2, -0.15) is 0 Å². The first kappa shape index (κ1) is 12.4. The van der Waals surface area contributed by atoms with Crippen LogP contribution in [-0.2, 0) is 14.3 Å². The molecule has 5 nitrogen and oxygen atoms in total. The van der Waals surface area contributed by atoms with Gasteiger partial charge in [0.05, 0.1) is 12.0 Å². The lowest BCUT2D eigenvalue weighted by Crippen LogP contribution is -2.48. The van der Waals surface area contributed by atoms with Crippen LogP contribution in [0.5, 0.6) is 0 Å². The van der Waals surface area contributed by atoms with Crippen molar-refractivity contribution in [2.45, 2.75) is 44.8 Å². The van der Waals surface area contributed by atoms with E-state index in [2.05, 4.69) is 0 Å². The zero-order valence-electron chi connectivity index (χ0n) is 10.1. The van der Waals surface area contributed by atoms with Crippen LogP contribution in [0.2, 0.25) is 0 Å². The van der Waals surface area contributed by atoms with Crippen LogP contribution < -0.4 is 0 Å². The molecule has 1 aliphatic heterocycles. The van der Waals surface area contributed by atoms with E-state index in [0.29, 0.717) is 19.6 Å². The van der Waals surface area contributed by atoms with Gasteiger partial charge >= 0.3 is 5.97 Å². The van der Waals surface area contributed by atoms with E-state index >= 15 is 0 Å². The lowest BCUT2D eigenvalue weighted by atomic mass is 10.0. The van der Waals surface area contributed by atoms with Crippen molar-refractivity contribution < 1.29 is 19.4 Å². The molecule has 17 heavy (non-hydrogen) atoms. The molecule has 0 spiro atoms. The summed E-state index contributed by atoms with van der Waals surface area (Å²) < 4.78 is 5.38. The highest BCUT2D eigenvalue weighted by Crippen LogP contribution is 2.36. The van der Waals surface area contributed by atoms with E-state index in [4.69, 9.17) is 9.84 Å². The molecule has 3 atom stereocenters. The van der Waals surface area contributed by atoms with Gasteiger partial charge in [0.25, 0.3) is 0 Å². The molecule has 5 heteroatoms. The Labute approximate surface area is 101 Å². The Balaban J connectivity index is 1.95. The van der Waals surface area contributed by atoms with Crippen LogP contribution in [0.25, 0.3) is 0 Å². The molecule has 2 aliphatic rings. The summed E-state index contributed by atoms with van der Waals surface area (Å²) in [4.78, 5) is 24.8. The molecule has 96 valence electrons. The number of carbonyl (C=O) groups is 2. The van der Waals surface area contributed by atoms with Crippen molar-refractivity contribution >= 4 is 11.9 Å². The summed E-state index contributed by atoms with van der Waals surface area (Å²) >= 11 is 0. The number of carboxylic acids is 1. The largest absolute Gasteiger partial charge is 0.480 e. The molecule has 2 rings (SSSR count). The summed E-state index contributed by atoms with van der Waals surface area (Å²) in [5, 5.41) is 9.10. The highest BCUT2D eigenvalue weighted by molar-refractivity contribution is 5.87. The predicted molar refractivity (Wildman–Crippen MR) is 60.5 cm³/mol. The van der Waals surface area contributed by atoms with Crippen molar-refractivity contribution in [3.63, 3.8) is 0 Å². The summed E-state index contributed by atoms with van der Waals surface area (Å²) in [7, 11) is 0. The van der Waals surface area contributed by atoms with Crippen LogP contribution in [0, 0.1) is 5.92 Å². The minimum Gasteiger partial charge on any atom is -0.480 e. The van der Waals surface area contributed by atoms with E-state index in [1.165, 1.54) is 4.90 Å². The first-order valence-electron chi connectivity index (χ1n) is 6.30. The normalized spacial score (nSPS) is 32.3. The predicted octanol–water partition coefficient (Wildman–Crippen LogP) is 0.877. The second kappa shape index (κ2) is 5.04. The summed E-state index contributed by atoms with van der Waals surface area (Å²) in [5.74, 6) is -1.02. The summed E-state index contributed by atoms with van der Waals surface area (Å²) in [5.41, 5.74) is 0. The van der Waals surface area contributed by atoms with Crippen LogP contribution >= 0.6 is 0 Å². The first-order chi connectivity index (χ1) is 8.15. The molecule has 1 N–H and O–H groups in total. The van der Waals surface area contributed by atoms with Gasteiger partial charge in [0, 0.05) is 13.2 Å². The van der Waals surface area contributed by atoms with Crippen molar-refractivity contribution in [2.75, 3.05) is 13.2 Å². The van der Waals surface area contributed by atoms with E-state index in [-0.39, 0.29) is 17.9 Å². The number of aliphatic carboxylic acids is 1. The number of hydrogen-bond donors (Lipinski definition) is 1. The fraction of sp³-hybridized carbons (Fsp3) is 0.833. The first-order valence-corrected chi connectivity index (χ1v) is 6.30. The van der Waals surface area contributed by atoms with E-state index < -0.39 is 12.0 Å². The molecule has 0 aromatic carbocycles. The average molecular weight is 241 g/mol. The van der Waals surface area contributed by atoms with E-state index in [1.54, 1.807) is 0 Å². The van der Waals surface area contributed by atoms with Crippen LogP contribution in [0.15, 0.2) is 0 Å². The number of carbonyl (C=O) groups excluding carboxylic acids is 1. The Bertz CT molecular complexity index is 318. The van der Waals surface area contributed by atoms with Gasteiger partial charge in [0.2, 0.25) is 5.91 Å². The minimum atomic E-state index is -0.883. The quantitative estimate of drug-likeness (QED) is 0.793. The fourth-order valence-corrected chi connectivity index (χ4v) is 2.49. The zero-order chi connectivity index (χ0) is 12.4. The smallest absolute Gasteiger partial charge is 0.326 e. The topological polar surface area (TPSA) is 66.8 Å². The number of likely N-dealkylation sites (tertiary alicyclic amines) is 1. The van der Waals surface area contributed by atoms with Crippen molar-refractivity contribution in [1.29, 1.82) is 0 Å². The van der Waals surface area contributed by atoms with E-state index in [1.807, 2.05) is 6.92 Å². The average Bonchev–Trinajstić information content (AvgIpc) is 3.08. The van der Waals surface area contributed by atoms with Crippen LogP contribution in [-0.4, -0.2) is 47.2 Å². The van der Waals surface area contributed by atoms with Gasteiger partial charge in [0.15, 0.2) is 0 Å². The maximum atomic E-state index is 12.1. The van der Waals surface area contributed by atoms with Crippen LogP contribution in [0.4, 0.5) is 0 Å². The number of carboxylic acid groups (broad SMARTS) is 1. The van der Waals surface area contributed by atoms with Crippen molar-refractivity contribution in [1.82, 2.24) is 4.90 Å². The highest BCUT2D eigenvalue weighted by atomic mass is 16.5. The molecule has 1 heterocycles. The molecular weight excluding hydrogens is 222 g/mol. The SMILES string of the molecule is CCO[C@@H]1C[C@H]1C(=O)N1CCCC[C@H]1C(=O)O. The lowest BCUT2D eigenvalue weighted by Gasteiger charge is -2.33. The van der Waals surface area contributed by atoms with Crippen molar-refractivity contribution in [3.05, 3.63) is 0 Å². The Hall–Kier alpha value is -1.10. The van der Waals surface area contributed by atoms with Gasteiger partial charge in [0.1, 0.15) is 6.04 Å². The van der Waals surface area contributed by atoms with Gasteiger partial charge in [-0.1, -0.05) is 0 Å². The van der Waals surface area contributed by atoms with Gasteiger partial charge < -0.3 is 14.7 Å². The molecule has 1 aliphatic carbocycles. The number of nitrogens with zero attached hydrogens (tertiary/aromatic N) is 1. The number of hydrogen-bond acceptors (Lipinski definition) is 3. The van der Waals surface area contributed by atoms with Gasteiger partial charge in [-0.15, -0.1) is 0 Å². The second-order valence-corrected chi connectivity index (χ2v) is 4.72. The molecule has 0 bridgehead atoms. The second-order valence-electron chi connectivity index (χ2n) is 4.72. The highest BCUT2D eigenvalue weighted by Gasteiger charge is 2.48. The van der Waals surface area contributed by atoms with Gasteiger partial charge in [-0.3, -0.25) is 4.79 Å². The lowest BCUT2D eigenvalue weighted by molar-refractivity contribution is -0.153. The standard InChI is InChI=1S/C12H19NO4/c1-2-17-10-7-8(10)11(14)13-6-4-3-5-9(13)12(15)16/h8-10H,2-7H2,1H3,(H,15,16)/t8-,9+,10-/m1/s1. The maximum absolute atomic E-state index is 12.1. The van der Waals surface area contributed by atoms with Crippen molar-refractivity contribution in [2.24, 2.45) is 5.92 Å². The third-order valence-electron chi connectivity index (χ3n) is 3.50. The summed E-state index contributed by atoms with van der Waals surface area (Å²) in [6.45, 7) is 3.09. The molecule has 0 aromatic rings.